The van der Waals surface area contributed by atoms with Gasteiger partial charge < -0.3 is 0 Å². The molecule has 1 aromatic heterocycles. The molecule has 0 unspecified atom stereocenters. The summed E-state index contributed by atoms with van der Waals surface area (Å²) in [5.41, 5.74) is 11.8. The van der Waals surface area contributed by atoms with Gasteiger partial charge in [-0.15, -0.1) is 0 Å². The molecule has 230 valence electrons. The molecular weight excluding hydrogens is 593 g/mol. The van der Waals surface area contributed by atoms with E-state index in [1.54, 1.807) is 0 Å². The number of hydrogen-bond acceptors (Lipinski definition) is 2. The third-order valence-electron chi connectivity index (χ3n) is 10.6. The molecule has 0 fully saturated rings. The first-order valence-corrected chi connectivity index (χ1v) is 17.0. The minimum absolute atomic E-state index is 0.154. The van der Waals surface area contributed by atoms with Crippen LogP contribution < -0.4 is 0 Å². The summed E-state index contributed by atoms with van der Waals surface area (Å²) in [6.45, 7) is 4.81. The van der Waals surface area contributed by atoms with E-state index in [-0.39, 0.29) is 5.41 Å². The van der Waals surface area contributed by atoms with E-state index in [1.807, 2.05) is 12.1 Å². The molecule has 8 aromatic carbocycles. The number of rotatable bonds is 3. The highest BCUT2D eigenvalue weighted by Gasteiger charge is 2.39. The number of benzene rings is 8. The van der Waals surface area contributed by atoms with E-state index in [0.717, 1.165) is 39.1 Å². The Bertz CT molecular complexity index is 2790. The van der Waals surface area contributed by atoms with Crippen LogP contribution in [0.4, 0.5) is 0 Å². The average molecular weight is 625 g/mol. The van der Waals surface area contributed by atoms with Gasteiger partial charge in [0.2, 0.25) is 0 Å². The minimum atomic E-state index is -0.154. The molecule has 49 heavy (non-hydrogen) atoms. The molecule has 0 radical (unpaired) electrons. The first-order chi connectivity index (χ1) is 24.1. The Balaban J connectivity index is 1.12. The molecule has 1 aliphatic carbocycles. The Hall–Kier alpha value is -6.12. The van der Waals surface area contributed by atoms with Crippen molar-refractivity contribution in [3.63, 3.8) is 0 Å². The van der Waals surface area contributed by atoms with Crippen LogP contribution in [0, 0.1) is 0 Å². The first kappa shape index (κ1) is 27.9. The summed E-state index contributed by atoms with van der Waals surface area (Å²) in [7, 11) is 0. The fourth-order valence-corrected chi connectivity index (χ4v) is 8.45. The van der Waals surface area contributed by atoms with Crippen LogP contribution in [0.25, 0.3) is 88.1 Å². The second kappa shape index (κ2) is 10.4. The van der Waals surface area contributed by atoms with E-state index in [4.69, 9.17) is 9.97 Å². The Labute approximate surface area is 285 Å². The number of hydrogen-bond donors (Lipinski definition) is 0. The summed E-state index contributed by atoms with van der Waals surface area (Å²) < 4.78 is 0. The molecular formula is C47H32N2. The zero-order valence-electron chi connectivity index (χ0n) is 27.4. The van der Waals surface area contributed by atoms with Gasteiger partial charge in [-0.05, 0) is 83.9 Å². The lowest BCUT2D eigenvalue weighted by Crippen LogP contribution is -2.16. The maximum Gasteiger partial charge on any atom is 0.160 e. The summed E-state index contributed by atoms with van der Waals surface area (Å²) in [5.74, 6) is 0.733. The van der Waals surface area contributed by atoms with E-state index >= 15 is 0 Å². The molecule has 0 saturated heterocycles. The van der Waals surface area contributed by atoms with Gasteiger partial charge in [0.15, 0.2) is 5.82 Å². The second-order valence-electron chi connectivity index (χ2n) is 13.8. The van der Waals surface area contributed by atoms with Crippen LogP contribution in [0.5, 0.6) is 0 Å². The molecule has 9 aromatic rings. The summed E-state index contributed by atoms with van der Waals surface area (Å²) >= 11 is 0. The van der Waals surface area contributed by atoms with Crippen molar-refractivity contribution in [2.24, 2.45) is 0 Å². The summed E-state index contributed by atoms with van der Waals surface area (Å²) in [5, 5.41) is 8.97. The van der Waals surface area contributed by atoms with Crippen molar-refractivity contribution >= 4 is 43.2 Å². The molecule has 10 rings (SSSR count). The molecule has 2 nitrogen and oxygen atoms in total. The minimum Gasteiger partial charge on any atom is -0.228 e. The van der Waals surface area contributed by atoms with Crippen molar-refractivity contribution < 1.29 is 0 Å². The fourth-order valence-electron chi connectivity index (χ4n) is 8.45. The van der Waals surface area contributed by atoms with Gasteiger partial charge in [0.25, 0.3) is 0 Å². The molecule has 1 aliphatic rings. The molecule has 0 bridgehead atoms. The maximum atomic E-state index is 5.13. The smallest absolute Gasteiger partial charge is 0.160 e. The normalized spacial score (nSPS) is 13.3. The summed E-state index contributed by atoms with van der Waals surface area (Å²) in [6, 6.07) is 56.8. The van der Waals surface area contributed by atoms with Crippen molar-refractivity contribution in [1.29, 1.82) is 0 Å². The van der Waals surface area contributed by atoms with Crippen molar-refractivity contribution in [1.82, 2.24) is 9.97 Å². The van der Waals surface area contributed by atoms with Crippen molar-refractivity contribution in [2.45, 2.75) is 19.3 Å². The van der Waals surface area contributed by atoms with Crippen LogP contribution in [0.2, 0.25) is 0 Å². The topological polar surface area (TPSA) is 25.8 Å². The maximum absolute atomic E-state index is 5.13. The van der Waals surface area contributed by atoms with Crippen molar-refractivity contribution in [2.75, 3.05) is 0 Å². The monoisotopic (exact) mass is 624 g/mol. The quantitative estimate of drug-likeness (QED) is 0.183. The molecule has 0 N–H and O–H groups in total. The zero-order chi connectivity index (χ0) is 32.7. The van der Waals surface area contributed by atoms with Crippen LogP contribution in [0.15, 0.2) is 158 Å². The van der Waals surface area contributed by atoms with Gasteiger partial charge in [0.1, 0.15) is 0 Å². The van der Waals surface area contributed by atoms with Gasteiger partial charge in [0.05, 0.1) is 11.2 Å². The highest BCUT2D eigenvalue weighted by Crippen LogP contribution is 2.56. The molecule has 0 spiro atoms. The highest BCUT2D eigenvalue weighted by molar-refractivity contribution is 6.19. The van der Waals surface area contributed by atoms with Crippen LogP contribution in [-0.2, 0) is 5.41 Å². The predicted octanol–water partition coefficient (Wildman–Crippen LogP) is 12.4. The third kappa shape index (κ3) is 4.14. The van der Waals surface area contributed by atoms with Crippen LogP contribution in [0.3, 0.4) is 0 Å². The van der Waals surface area contributed by atoms with E-state index in [2.05, 4.69) is 159 Å². The van der Waals surface area contributed by atoms with Crippen molar-refractivity contribution in [3.8, 4) is 44.9 Å². The molecule has 0 saturated carbocycles. The number of nitrogens with zero attached hydrogens (tertiary/aromatic N) is 2. The van der Waals surface area contributed by atoms with E-state index in [9.17, 15) is 0 Å². The predicted molar refractivity (Wildman–Crippen MR) is 206 cm³/mol. The number of aromatic nitrogens is 2. The first-order valence-electron chi connectivity index (χ1n) is 17.0. The zero-order valence-corrected chi connectivity index (χ0v) is 27.4. The number of para-hydroxylation sites is 1. The lowest BCUT2D eigenvalue weighted by Gasteiger charge is -2.25. The molecule has 1 heterocycles. The standard InChI is InChI=1S/C47H32N2/c1-47(2)43-34-25-23-31(27-32(34)24-26-40(43)42-37-19-8-6-17-35(37)36-18-7-9-20-38(36)44(42)47)30-15-12-16-33(28-30)46-48-41-22-11-10-21-39(41)45(49-46)29-13-4-3-5-14-29/h3-28H,1-2H3. The molecule has 0 amide bonds. The van der Waals surface area contributed by atoms with Gasteiger partial charge in [-0.25, -0.2) is 9.97 Å². The SMILES string of the molecule is CC1(C)c2c(ccc3cc(-c4cccc(-c5nc(-c6ccccc6)c6ccccc6n5)c4)ccc23)-c2c1c1ccccc1c1ccccc21. The van der Waals surface area contributed by atoms with Gasteiger partial charge >= 0.3 is 0 Å². The van der Waals surface area contributed by atoms with Gasteiger partial charge in [0, 0.05) is 21.9 Å². The molecule has 0 aliphatic heterocycles. The highest BCUT2D eigenvalue weighted by atomic mass is 14.9. The van der Waals surface area contributed by atoms with E-state index < -0.39 is 0 Å². The molecule has 2 heteroatoms. The second-order valence-corrected chi connectivity index (χ2v) is 13.8. The Morgan fingerprint density at radius 2 is 1.04 bits per heavy atom. The van der Waals surface area contributed by atoms with Gasteiger partial charge in [-0.2, -0.15) is 0 Å². The summed E-state index contributed by atoms with van der Waals surface area (Å²) in [6.07, 6.45) is 0. The summed E-state index contributed by atoms with van der Waals surface area (Å²) in [4.78, 5) is 10.2. The van der Waals surface area contributed by atoms with Gasteiger partial charge in [-0.1, -0.05) is 153 Å². The largest absolute Gasteiger partial charge is 0.228 e. The third-order valence-corrected chi connectivity index (χ3v) is 10.6. The van der Waals surface area contributed by atoms with E-state index in [1.165, 1.54) is 60.1 Å². The van der Waals surface area contributed by atoms with Gasteiger partial charge in [-0.3, -0.25) is 0 Å². The van der Waals surface area contributed by atoms with Crippen LogP contribution in [-0.4, -0.2) is 9.97 Å². The lowest BCUT2D eigenvalue weighted by molar-refractivity contribution is 0.672. The van der Waals surface area contributed by atoms with Crippen LogP contribution >= 0.6 is 0 Å². The van der Waals surface area contributed by atoms with Crippen LogP contribution in [0.1, 0.15) is 25.0 Å². The van der Waals surface area contributed by atoms with E-state index in [0.29, 0.717) is 0 Å². The Morgan fingerprint density at radius 3 is 1.86 bits per heavy atom. The Morgan fingerprint density at radius 1 is 0.408 bits per heavy atom. The molecule has 0 atom stereocenters. The average Bonchev–Trinajstić information content (AvgIpc) is 3.41. The van der Waals surface area contributed by atoms with Crippen molar-refractivity contribution in [3.05, 3.63) is 169 Å². The lowest BCUT2D eigenvalue weighted by atomic mass is 9.77. The number of fused-ring (bicyclic) bond motifs is 11. The Kier molecular flexibility index (Phi) is 5.95. The fraction of sp³-hybridized carbons (Fsp3) is 0.0638.